The molecule has 2 saturated heterocycles. The van der Waals surface area contributed by atoms with Crippen LogP contribution in [0.4, 0.5) is 9.59 Å². The number of likely N-dealkylation sites (tertiary alicyclic amines) is 2. The summed E-state index contributed by atoms with van der Waals surface area (Å²) in [6.45, 7) is 9.52. The lowest BCUT2D eigenvalue weighted by Crippen LogP contribution is -2.51. The standard InChI is InChI=1S/C47H58N8O8/c1-27(2)40(52-46(58)61-6)44(56)54-20-8-10-37(54)42-48-26-36(51-42)32-16-18-33(39(25-32)63-23-22-60-5)30-14-12-29(13-15-30)31-17-19-34-35(24-31)50-43(49-34)38-11-9-21-55(38)45(57)41(28(3)4)53-47(59)62-7/h12-19,24-28,37-38,40-41H,8-11,20-23H2,1-7H3,(H,48,51)(H,49,50)(H,52,58)(H,53,59)/t37-,38-,40-,41-/m0/s1. The largest absolute Gasteiger partial charge is 0.491 e. The van der Waals surface area contributed by atoms with Gasteiger partial charge in [-0.2, -0.15) is 0 Å². The fourth-order valence-electron chi connectivity index (χ4n) is 8.53. The van der Waals surface area contributed by atoms with Crippen LogP contribution in [0.5, 0.6) is 5.75 Å². The van der Waals surface area contributed by atoms with Gasteiger partial charge in [0, 0.05) is 31.3 Å². The number of H-pyrrole nitrogens is 2. The van der Waals surface area contributed by atoms with E-state index in [-0.39, 0.29) is 35.7 Å². The number of carbonyl (C=O) groups is 4. The van der Waals surface area contributed by atoms with Gasteiger partial charge in [0.2, 0.25) is 11.8 Å². The molecule has 334 valence electrons. The third-order valence-electron chi connectivity index (χ3n) is 11.9. The van der Waals surface area contributed by atoms with Gasteiger partial charge < -0.3 is 49.3 Å². The predicted octanol–water partition coefficient (Wildman–Crippen LogP) is 7.40. The highest BCUT2D eigenvalue weighted by molar-refractivity contribution is 5.88. The average molecular weight is 863 g/mol. The number of ether oxygens (including phenoxy) is 4. The molecule has 3 aromatic carbocycles. The zero-order valence-corrected chi connectivity index (χ0v) is 37.0. The van der Waals surface area contributed by atoms with Crippen molar-refractivity contribution in [2.75, 3.05) is 47.6 Å². The van der Waals surface area contributed by atoms with Crippen molar-refractivity contribution < 1.29 is 38.1 Å². The summed E-state index contributed by atoms with van der Waals surface area (Å²) in [6, 6.07) is 18.6. The summed E-state index contributed by atoms with van der Waals surface area (Å²) in [5.41, 5.74) is 7.25. The van der Waals surface area contributed by atoms with Crippen LogP contribution < -0.4 is 15.4 Å². The third kappa shape index (κ3) is 9.80. The number of nitrogens with zero attached hydrogens (tertiary/aromatic N) is 4. The van der Waals surface area contributed by atoms with Crippen molar-refractivity contribution in [3.8, 4) is 39.3 Å². The molecule has 0 saturated carbocycles. The van der Waals surface area contributed by atoms with Crippen molar-refractivity contribution >= 4 is 35.0 Å². The van der Waals surface area contributed by atoms with Gasteiger partial charge in [0.25, 0.3) is 0 Å². The third-order valence-corrected chi connectivity index (χ3v) is 11.9. The number of aromatic nitrogens is 4. The zero-order valence-electron chi connectivity index (χ0n) is 37.0. The van der Waals surface area contributed by atoms with E-state index < -0.39 is 24.3 Å². The summed E-state index contributed by atoms with van der Waals surface area (Å²) in [7, 11) is 4.21. The van der Waals surface area contributed by atoms with Crippen LogP contribution in [0.1, 0.15) is 77.1 Å². The number of methoxy groups -OCH3 is 3. The molecule has 0 unspecified atom stereocenters. The van der Waals surface area contributed by atoms with Crippen LogP contribution in [0.25, 0.3) is 44.5 Å². The van der Waals surface area contributed by atoms with Crippen molar-refractivity contribution in [1.82, 2.24) is 40.4 Å². The molecule has 16 nitrogen and oxygen atoms in total. The molecule has 63 heavy (non-hydrogen) atoms. The van der Waals surface area contributed by atoms with Crippen molar-refractivity contribution in [2.24, 2.45) is 11.8 Å². The number of amides is 4. The van der Waals surface area contributed by atoms with E-state index >= 15 is 0 Å². The van der Waals surface area contributed by atoms with Crippen LogP contribution in [0.15, 0.2) is 66.9 Å². The number of imidazole rings is 2. The highest BCUT2D eigenvalue weighted by Gasteiger charge is 2.39. The second-order valence-electron chi connectivity index (χ2n) is 16.8. The summed E-state index contributed by atoms with van der Waals surface area (Å²) in [5.74, 6) is 1.53. The van der Waals surface area contributed by atoms with Crippen LogP contribution >= 0.6 is 0 Å². The van der Waals surface area contributed by atoms with Crippen molar-refractivity contribution in [1.29, 1.82) is 0 Å². The SMILES string of the molecule is COCCOc1cc(-c2cnc([C@@H]3CCCN3C(=O)[C@@H](NC(=O)OC)C(C)C)[nH]2)ccc1-c1ccc(-c2ccc3nc([C@@H]4CCCN4C(=O)[C@@H](NC(=O)OC)C(C)C)[nH]c3c2)cc1. The van der Waals surface area contributed by atoms with E-state index in [0.717, 1.165) is 76.1 Å². The van der Waals surface area contributed by atoms with Gasteiger partial charge in [-0.05, 0) is 78.5 Å². The number of carbonyl (C=O) groups excluding carboxylic acids is 4. The Bertz CT molecular complexity index is 2410. The van der Waals surface area contributed by atoms with Gasteiger partial charge in [-0.1, -0.05) is 64.1 Å². The van der Waals surface area contributed by atoms with Crippen LogP contribution in [0, 0.1) is 11.8 Å². The van der Waals surface area contributed by atoms with E-state index in [0.29, 0.717) is 37.9 Å². The molecule has 2 aromatic heterocycles. The van der Waals surface area contributed by atoms with Gasteiger partial charge in [-0.15, -0.1) is 0 Å². The van der Waals surface area contributed by atoms with E-state index in [1.807, 2.05) is 62.9 Å². The van der Waals surface area contributed by atoms with E-state index in [9.17, 15) is 19.2 Å². The lowest BCUT2D eigenvalue weighted by molar-refractivity contribution is -0.136. The van der Waals surface area contributed by atoms with Gasteiger partial charge in [-0.3, -0.25) is 9.59 Å². The molecule has 0 radical (unpaired) electrons. The Labute approximate surface area is 367 Å². The molecule has 4 amide bonds. The topological polar surface area (TPSA) is 193 Å². The fourth-order valence-corrected chi connectivity index (χ4v) is 8.53. The molecule has 16 heteroatoms. The summed E-state index contributed by atoms with van der Waals surface area (Å²) >= 11 is 0. The first-order chi connectivity index (χ1) is 30.4. The van der Waals surface area contributed by atoms with E-state index in [1.54, 1.807) is 18.2 Å². The Morgan fingerprint density at radius 2 is 1.27 bits per heavy atom. The van der Waals surface area contributed by atoms with Gasteiger partial charge in [0.05, 0.1) is 55.8 Å². The molecule has 2 aliphatic heterocycles. The molecule has 4 heterocycles. The summed E-state index contributed by atoms with van der Waals surface area (Å²) in [4.78, 5) is 71.7. The Morgan fingerprint density at radius 3 is 1.86 bits per heavy atom. The summed E-state index contributed by atoms with van der Waals surface area (Å²) in [6.07, 6.45) is 3.68. The van der Waals surface area contributed by atoms with E-state index in [4.69, 9.17) is 28.9 Å². The minimum atomic E-state index is -0.717. The molecule has 7 rings (SSSR count). The molecule has 0 spiro atoms. The normalized spacial score (nSPS) is 17.3. The Hall–Kier alpha value is -6.42. The molecule has 0 aliphatic carbocycles. The Balaban J connectivity index is 1.09. The number of alkyl carbamates (subject to hydrolysis) is 2. The van der Waals surface area contributed by atoms with Crippen LogP contribution in [-0.2, 0) is 23.8 Å². The van der Waals surface area contributed by atoms with E-state index in [1.165, 1.54) is 14.2 Å². The first kappa shape index (κ1) is 44.6. The minimum absolute atomic E-state index is 0.120. The monoisotopic (exact) mass is 862 g/mol. The van der Waals surface area contributed by atoms with Gasteiger partial charge in [0.15, 0.2) is 0 Å². The Morgan fingerprint density at radius 1 is 0.698 bits per heavy atom. The first-order valence-electron chi connectivity index (χ1n) is 21.6. The second kappa shape index (κ2) is 19.7. The number of aromatic amines is 2. The molecule has 4 atom stereocenters. The van der Waals surface area contributed by atoms with Crippen LogP contribution in [0.2, 0.25) is 0 Å². The number of fused-ring (bicyclic) bond motifs is 1. The number of hydrogen-bond acceptors (Lipinski definition) is 10. The lowest BCUT2D eigenvalue weighted by atomic mass is 9.98. The number of nitrogens with one attached hydrogen (secondary N) is 4. The van der Waals surface area contributed by atoms with Gasteiger partial charge >= 0.3 is 12.2 Å². The van der Waals surface area contributed by atoms with Gasteiger partial charge in [0.1, 0.15) is 36.1 Å². The van der Waals surface area contributed by atoms with Crippen LogP contribution in [-0.4, -0.2) is 113 Å². The molecular formula is C47H58N8O8. The predicted molar refractivity (Wildman–Crippen MR) is 238 cm³/mol. The van der Waals surface area contributed by atoms with E-state index in [2.05, 4.69) is 50.9 Å². The molecular weight excluding hydrogens is 805 g/mol. The number of hydrogen-bond donors (Lipinski definition) is 4. The first-order valence-corrected chi connectivity index (χ1v) is 21.6. The molecule has 2 aliphatic rings. The second-order valence-corrected chi connectivity index (χ2v) is 16.8. The van der Waals surface area contributed by atoms with Crippen molar-refractivity contribution in [2.45, 2.75) is 77.5 Å². The highest BCUT2D eigenvalue weighted by Crippen LogP contribution is 2.38. The number of rotatable bonds is 15. The van der Waals surface area contributed by atoms with Gasteiger partial charge in [-0.25, -0.2) is 19.6 Å². The average Bonchev–Trinajstić information content (AvgIpc) is 4.13. The molecule has 2 fully saturated rings. The van der Waals surface area contributed by atoms with Crippen molar-refractivity contribution in [3.05, 3.63) is 78.5 Å². The quantitative estimate of drug-likeness (QED) is 0.0771. The summed E-state index contributed by atoms with van der Waals surface area (Å²) < 4.78 is 21.2. The maximum absolute atomic E-state index is 13.7. The molecule has 0 bridgehead atoms. The zero-order chi connectivity index (χ0) is 44.8. The summed E-state index contributed by atoms with van der Waals surface area (Å²) in [5, 5.41) is 5.41. The minimum Gasteiger partial charge on any atom is -0.491 e. The maximum Gasteiger partial charge on any atom is 0.407 e. The number of benzene rings is 3. The fraction of sp³-hybridized carbons (Fsp3) is 0.447. The smallest absolute Gasteiger partial charge is 0.407 e. The molecule has 4 N–H and O–H groups in total. The maximum atomic E-state index is 13.7. The van der Waals surface area contributed by atoms with Crippen molar-refractivity contribution in [3.63, 3.8) is 0 Å². The highest BCUT2D eigenvalue weighted by atomic mass is 16.5. The van der Waals surface area contributed by atoms with Crippen LogP contribution in [0.3, 0.4) is 0 Å². The lowest BCUT2D eigenvalue weighted by Gasteiger charge is -2.30. The molecule has 5 aromatic rings. The Kier molecular flexibility index (Phi) is 14.0.